The summed E-state index contributed by atoms with van der Waals surface area (Å²) in [5.41, 5.74) is 3.61. The second kappa shape index (κ2) is 9.09. The second-order valence-electron chi connectivity index (χ2n) is 5.67. The summed E-state index contributed by atoms with van der Waals surface area (Å²) in [4.78, 5) is 35.0. The van der Waals surface area contributed by atoms with E-state index < -0.39 is 10.8 Å². The number of rotatable bonds is 6. The monoisotopic (exact) mass is 428 g/mol. The number of nitrogens with zero attached hydrogens (tertiary/aromatic N) is 2. The molecule has 2 aromatic carbocycles. The Hall–Kier alpha value is -3.56. The summed E-state index contributed by atoms with van der Waals surface area (Å²) < 4.78 is 0. The molecule has 0 fully saturated rings. The molecule has 146 valence electrons. The Labute approximate surface area is 174 Å². The number of benzene rings is 2. The van der Waals surface area contributed by atoms with Gasteiger partial charge < -0.3 is 5.32 Å². The zero-order valence-corrected chi connectivity index (χ0v) is 16.2. The molecule has 0 spiro atoms. The summed E-state index contributed by atoms with van der Waals surface area (Å²) in [6.45, 7) is 0. The van der Waals surface area contributed by atoms with Crippen LogP contribution in [0.2, 0.25) is 5.02 Å². The Morgan fingerprint density at radius 3 is 2.45 bits per heavy atom. The van der Waals surface area contributed by atoms with Gasteiger partial charge in [0.1, 0.15) is 0 Å². The highest BCUT2D eigenvalue weighted by Gasteiger charge is 2.10. The summed E-state index contributed by atoms with van der Waals surface area (Å²) >= 11 is 6.83. The van der Waals surface area contributed by atoms with Gasteiger partial charge in [-0.1, -0.05) is 29.0 Å². The lowest BCUT2D eigenvalue weighted by Gasteiger charge is -2.06. The minimum Gasteiger partial charge on any atom is -0.322 e. The number of halogens is 1. The molecule has 0 aliphatic rings. The lowest BCUT2D eigenvalue weighted by molar-refractivity contribution is -0.380. The fraction of sp³-hybridized carbons (Fsp3) is 0. The highest BCUT2D eigenvalue weighted by Crippen LogP contribution is 2.22. The van der Waals surface area contributed by atoms with Crippen molar-refractivity contribution in [3.05, 3.63) is 91.8 Å². The molecule has 0 saturated carbocycles. The smallest absolute Gasteiger partial charge is 0.322 e. The Bertz CT molecular complexity index is 1100. The van der Waals surface area contributed by atoms with E-state index in [1.807, 2.05) is 0 Å². The number of nitrogens with one attached hydrogen (secondary N) is 2. The van der Waals surface area contributed by atoms with Crippen LogP contribution in [0.15, 0.2) is 65.8 Å². The van der Waals surface area contributed by atoms with Crippen LogP contribution < -0.4 is 10.7 Å². The first kappa shape index (κ1) is 20.2. The van der Waals surface area contributed by atoms with Crippen LogP contribution in [-0.2, 0) is 0 Å². The molecule has 1 aromatic heterocycles. The Morgan fingerprint density at radius 2 is 1.79 bits per heavy atom. The number of carbonyl (C=O) groups is 2. The van der Waals surface area contributed by atoms with E-state index in [9.17, 15) is 19.7 Å². The molecule has 0 bridgehead atoms. The maximum atomic E-state index is 12.2. The third kappa shape index (κ3) is 5.47. The molecule has 10 heteroatoms. The average molecular weight is 429 g/mol. The van der Waals surface area contributed by atoms with Crippen LogP contribution in [0.1, 0.15) is 25.6 Å². The molecule has 0 unspecified atom stereocenters. The zero-order valence-electron chi connectivity index (χ0n) is 14.7. The molecule has 2 N–H and O–H groups in total. The highest BCUT2D eigenvalue weighted by atomic mass is 35.5. The molecule has 29 heavy (non-hydrogen) atoms. The summed E-state index contributed by atoms with van der Waals surface area (Å²) in [6.07, 6.45) is 1.33. The highest BCUT2D eigenvalue weighted by molar-refractivity contribution is 7.16. The molecule has 3 rings (SSSR count). The van der Waals surface area contributed by atoms with Gasteiger partial charge in [0.25, 0.3) is 11.8 Å². The molecule has 8 nitrogen and oxygen atoms in total. The fourth-order valence-electron chi connectivity index (χ4n) is 2.27. The average Bonchev–Trinajstić information content (AvgIpc) is 3.18. The summed E-state index contributed by atoms with van der Waals surface area (Å²) in [7, 11) is 0. The molecule has 2 amide bonds. The second-order valence-corrected chi connectivity index (χ2v) is 7.20. The summed E-state index contributed by atoms with van der Waals surface area (Å²) in [5, 5.41) is 17.6. The van der Waals surface area contributed by atoms with Crippen molar-refractivity contribution in [2.24, 2.45) is 5.10 Å². The maximum absolute atomic E-state index is 12.2. The Morgan fingerprint density at radius 1 is 1.03 bits per heavy atom. The van der Waals surface area contributed by atoms with Gasteiger partial charge in [-0.05, 0) is 48.5 Å². The topological polar surface area (TPSA) is 114 Å². The van der Waals surface area contributed by atoms with Crippen molar-refractivity contribution in [1.82, 2.24) is 5.43 Å². The maximum Gasteiger partial charge on any atom is 0.324 e. The van der Waals surface area contributed by atoms with E-state index in [0.29, 0.717) is 26.7 Å². The molecular weight excluding hydrogens is 416 g/mol. The predicted octanol–water partition coefficient (Wildman–Crippen LogP) is 4.33. The standard InChI is InChI=1S/C19H13ClN4O4S/c20-14-3-1-2-13(10-14)18(25)22-15-6-4-12(5-7-15)19(26)23-21-11-16-8-9-17(29-16)24(27)28/h1-11H,(H,22,25)(H,23,26)/b21-11+. The van der Waals surface area contributed by atoms with E-state index >= 15 is 0 Å². The number of anilines is 1. The van der Waals surface area contributed by atoms with E-state index in [4.69, 9.17) is 11.6 Å². The van der Waals surface area contributed by atoms with Crippen molar-refractivity contribution in [3.63, 3.8) is 0 Å². The molecule has 0 radical (unpaired) electrons. The Balaban J connectivity index is 1.57. The molecule has 0 aliphatic heterocycles. The van der Waals surface area contributed by atoms with E-state index in [1.165, 1.54) is 30.5 Å². The normalized spacial score (nSPS) is 10.7. The van der Waals surface area contributed by atoms with Crippen molar-refractivity contribution in [3.8, 4) is 0 Å². The van der Waals surface area contributed by atoms with Crippen molar-refractivity contribution in [2.45, 2.75) is 0 Å². The number of hydrazone groups is 1. The summed E-state index contributed by atoms with van der Waals surface area (Å²) in [6, 6.07) is 15.7. The number of hydrogen-bond donors (Lipinski definition) is 2. The third-order valence-electron chi connectivity index (χ3n) is 3.64. The van der Waals surface area contributed by atoms with E-state index in [-0.39, 0.29) is 10.9 Å². The van der Waals surface area contributed by atoms with Gasteiger partial charge in [-0.15, -0.1) is 0 Å². The lowest BCUT2D eigenvalue weighted by Crippen LogP contribution is -2.17. The molecule has 3 aromatic rings. The van der Waals surface area contributed by atoms with Gasteiger partial charge in [0.15, 0.2) is 0 Å². The number of amides is 2. The van der Waals surface area contributed by atoms with Crippen molar-refractivity contribution in [2.75, 3.05) is 5.32 Å². The Kier molecular flexibility index (Phi) is 6.32. The number of hydrogen-bond acceptors (Lipinski definition) is 6. The van der Waals surface area contributed by atoms with Crippen LogP contribution >= 0.6 is 22.9 Å². The van der Waals surface area contributed by atoms with Gasteiger partial charge in [-0.3, -0.25) is 19.7 Å². The van der Waals surface area contributed by atoms with Crippen molar-refractivity contribution in [1.29, 1.82) is 0 Å². The van der Waals surface area contributed by atoms with Crippen molar-refractivity contribution < 1.29 is 14.5 Å². The number of thiophene rings is 1. The SMILES string of the molecule is O=C(N/N=C/c1ccc([N+](=O)[O-])s1)c1ccc(NC(=O)c2cccc(Cl)c2)cc1. The first-order valence-electron chi connectivity index (χ1n) is 8.17. The third-order valence-corrected chi connectivity index (χ3v) is 4.85. The van der Waals surface area contributed by atoms with E-state index in [2.05, 4.69) is 15.8 Å². The minimum atomic E-state index is -0.493. The van der Waals surface area contributed by atoms with Crippen LogP contribution in [0.5, 0.6) is 0 Å². The predicted molar refractivity (Wildman–Crippen MR) is 112 cm³/mol. The van der Waals surface area contributed by atoms with Gasteiger partial charge in [-0.2, -0.15) is 5.10 Å². The fourth-order valence-corrected chi connectivity index (χ4v) is 3.15. The first-order valence-corrected chi connectivity index (χ1v) is 9.36. The van der Waals surface area contributed by atoms with Crippen LogP contribution in [-0.4, -0.2) is 23.0 Å². The largest absolute Gasteiger partial charge is 0.324 e. The van der Waals surface area contributed by atoms with Crippen molar-refractivity contribution >= 4 is 51.7 Å². The molecular formula is C19H13ClN4O4S. The molecule has 1 heterocycles. The zero-order chi connectivity index (χ0) is 20.8. The molecule has 0 saturated heterocycles. The number of carbonyl (C=O) groups excluding carboxylic acids is 2. The van der Waals surface area contributed by atoms with Crippen LogP contribution in [0.4, 0.5) is 10.7 Å². The van der Waals surface area contributed by atoms with E-state index in [0.717, 1.165) is 11.3 Å². The molecule has 0 aliphatic carbocycles. The van der Waals surface area contributed by atoms with Crippen LogP contribution in [0.3, 0.4) is 0 Å². The van der Waals surface area contributed by atoms with Gasteiger partial charge in [-0.25, -0.2) is 5.43 Å². The first-order chi connectivity index (χ1) is 13.9. The van der Waals surface area contributed by atoms with Gasteiger partial charge in [0, 0.05) is 27.9 Å². The van der Waals surface area contributed by atoms with Crippen LogP contribution in [0, 0.1) is 10.1 Å². The number of nitro groups is 1. The van der Waals surface area contributed by atoms with Gasteiger partial charge in [0.2, 0.25) is 0 Å². The van der Waals surface area contributed by atoms with Crippen LogP contribution in [0.25, 0.3) is 0 Å². The quantitative estimate of drug-likeness (QED) is 0.345. The van der Waals surface area contributed by atoms with Gasteiger partial charge in [0.05, 0.1) is 16.0 Å². The van der Waals surface area contributed by atoms with Gasteiger partial charge >= 0.3 is 5.00 Å². The van der Waals surface area contributed by atoms with E-state index in [1.54, 1.807) is 36.4 Å². The minimum absolute atomic E-state index is 0.00631. The summed E-state index contributed by atoms with van der Waals surface area (Å²) in [5.74, 6) is -0.778. The molecule has 0 atom stereocenters. The lowest BCUT2D eigenvalue weighted by atomic mass is 10.1.